The van der Waals surface area contributed by atoms with Crippen LogP contribution in [0.2, 0.25) is 0 Å². The Morgan fingerprint density at radius 1 is 0.914 bits per heavy atom. The molecule has 2 saturated heterocycles. The number of anilines is 1. The normalized spacial score (nSPS) is 36.8. The van der Waals surface area contributed by atoms with Gasteiger partial charge in [-0.2, -0.15) is 0 Å². The lowest BCUT2D eigenvalue weighted by molar-refractivity contribution is -0.228. The number of carbonyl (C=O) groups excluding carboxylic acids is 3. The number of ether oxygens (including phenoxy) is 4. The third kappa shape index (κ3) is 4.19. The van der Waals surface area contributed by atoms with Crippen LogP contribution in [0.1, 0.15) is 87.7 Å². The van der Waals surface area contributed by atoms with Gasteiger partial charge in [0, 0.05) is 77.8 Å². The SMILES string of the molecule is CC[C@]12CCCN3CCc4c(n(c5ccccc45)[C@](C(=O)OC)(c4cc5c(cc4OC)N(C)[C@H]4[C@@](O)(C(=O)OC)[C@H](OC(C)=O)[C@]6(CC)C=CCN7CC[C@]54[C@@H]76)C1)[C@@H]32. The Bertz CT molecular complexity index is 2300. The number of methoxy groups -OCH3 is 3. The molecular formula is C46H56N4O8. The van der Waals surface area contributed by atoms with Crippen LogP contribution in [0, 0.1) is 10.8 Å². The van der Waals surface area contributed by atoms with E-state index in [0.29, 0.717) is 38.1 Å². The van der Waals surface area contributed by atoms with Gasteiger partial charge in [0.25, 0.3) is 0 Å². The first-order chi connectivity index (χ1) is 27.9. The van der Waals surface area contributed by atoms with Gasteiger partial charge in [-0.25, -0.2) is 9.59 Å². The Morgan fingerprint density at radius 3 is 2.40 bits per heavy atom. The molecule has 0 unspecified atom stereocenters. The molecule has 6 aliphatic heterocycles. The standard InChI is InChI=1S/C46H56N4O8/c1-8-42-17-12-20-48-22-16-29-28-14-10-11-15-32(28)50(35(29)36(42)48)45(26-42,40(52)56-6)31-24-30-33(25-34(31)55-5)47(4)38-44(30)19-23-49-21-13-18-43(9-2,37(44)49)39(58-27(3)51)46(38,54)41(53)57-7/h10-11,13-15,18,24-25,36-39,54H,8-9,12,16-17,19-23,26H2,1-7H3/t36-,37+,38-,39-,42+,43-,44-,45+,46+/m1/s1. The fourth-order valence-corrected chi connectivity index (χ4v) is 14.5. The number of piperidine rings is 1. The molecule has 7 aliphatic rings. The molecule has 58 heavy (non-hydrogen) atoms. The van der Waals surface area contributed by atoms with E-state index in [9.17, 15) is 14.7 Å². The van der Waals surface area contributed by atoms with E-state index in [0.717, 1.165) is 61.1 Å². The first kappa shape index (κ1) is 37.9. The quantitative estimate of drug-likeness (QED) is 0.198. The topological polar surface area (TPSA) is 123 Å². The smallest absolute Gasteiger partial charge is 0.344 e. The zero-order chi connectivity index (χ0) is 40.7. The van der Waals surface area contributed by atoms with Gasteiger partial charge >= 0.3 is 17.9 Å². The van der Waals surface area contributed by atoms with Crippen LogP contribution in [-0.4, -0.2) is 116 Å². The summed E-state index contributed by atoms with van der Waals surface area (Å²) in [5.74, 6) is -1.24. The molecule has 1 saturated carbocycles. The molecule has 7 heterocycles. The van der Waals surface area contributed by atoms with E-state index in [2.05, 4.69) is 63.8 Å². The van der Waals surface area contributed by atoms with Gasteiger partial charge in [-0.05, 0) is 86.7 Å². The summed E-state index contributed by atoms with van der Waals surface area (Å²) in [4.78, 5) is 49.9. The number of para-hydroxylation sites is 1. The van der Waals surface area contributed by atoms with Gasteiger partial charge in [0.1, 0.15) is 5.75 Å². The van der Waals surface area contributed by atoms with Crippen molar-refractivity contribution < 1.29 is 38.4 Å². The maximum Gasteiger partial charge on any atom is 0.344 e. The average Bonchev–Trinajstić information content (AvgIpc) is 3.89. The number of benzene rings is 2. The van der Waals surface area contributed by atoms with E-state index in [4.69, 9.17) is 18.9 Å². The molecule has 2 aromatic carbocycles. The summed E-state index contributed by atoms with van der Waals surface area (Å²) in [7, 11) is 6.32. The van der Waals surface area contributed by atoms with Gasteiger partial charge in [0.15, 0.2) is 11.6 Å². The maximum atomic E-state index is 15.4. The highest BCUT2D eigenvalue weighted by Gasteiger charge is 2.80. The van der Waals surface area contributed by atoms with Crippen LogP contribution in [-0.2, 0) is 46.0 Å². The summed E-state index contributed by atoms with van der Waals surface area (Å²) in [6.07, 6.45) is 8.37. The van der Waals surface area contributed by atoms with E-state index < -0.39 is 46.1 Å². The number of aliphatic hydroxyl groups is 1. The lowest BCUT2D eigenvalue weighted by atomic mass is 9.47. The highest BCUT2D eigenvalue weighted by molar-refractivity contribution is 5.94. The van der Waals surface area contributed by atoms with Gasteiger partial charge < -0.3 is 33.5 Å². The predicted octanol–water partition coefficient (Wildman–Crippen LogP) is 5.01. The van der Waals surface area contributed by atoms with Crippen LogP contribution < -0.4 is 9.64 Å². The van der Waals surface area contributed by atoms with Crippen LogP contribution in [0.5, 0.6) is 5.75 Å². The average molecular weight is 793 g/mol. The van der Waals surface area contributed by atoms with Crippen molar-refractivity contribution in [2.75, 3.05) is 59.5 Å². The molecule has 308 valence electrons. The fraction of sp³-hybridized carbons (Fsp3) is 0.587. The Labute approximate surface area is 340 Å². The van der Waals surface area contributed by atoms with E-state index in [1.165, 1.54) is 37.8 Å². The molecule has 0 radical (unpaired) electrons. The molecule has 9 atom stereocenters. The Morgan fingerprint density at radius 2 is 1.69 bits per heavy atom. The molecule has 0 amide bonds. The van der Waals surface area contributed by atoms with Crippen LogP contribution in [0.25, 0.3) is 10.9 Å². The number of hydrogen-bond donors (Lipinski definition) is 1. The molecule has 3 fully saturated rings. The summed E-state index contributed by atoms with van der Waals surface area (Å²) in [6.45, 7) is 9.03. The first-order valence-corrected chi connectivity index (χ1v) is 21.2. The van der Waals surface area contributed by atoms with Gasteiger partial charge in [0.2, 0.25) is 5.60 Å². The van der Waals surface area contributed by atoms with Crippen molar-refractivity contribution in [2.24, 2.45) is 10.8 Å². The predicted molar refractivity (Wildman–Crippen MR) is 217 cm³/mol. The molecule has 12 heteroatoms. The number of carbonyl (C=O) groups is 3. The van der Waals surface area contributed by atoms with Crippen LogP contribution in [0.4, 0.5) is 5.69 Å². The highest BCUT2D eigenvalue weighted by atomic mass is 16.6. The first-order valence-electron chi connectivity index (χ1n) is 21.2. The molecule has 1 spiro atoms. The number of rotatable bonds is 7. The van der Waals surface area contributed by atoms with Crippen LogP contribution in [0.3, 0.4) is 0 Å². The van der Waals surface area contributed by atoms with Crippen molar-refractivity contribution >= 4 is 34.5 Å². The molecule has 1 N–H and O–H groups in total. The number of nitrogens with zero attached hydrogens (tertiary/aromatic N) is 4. The van der Waals surface area contributed by atoms with Crippen molar-refractivity contribution in [3.05, 3.63) is 70.9 Å². The summed E-state index contributed by atoms with van der Waals surface area (Å²) < 4.78 is 26.5. The second-order valence-electron chi connectivity index (χ2n) is 18.2. The van der Waals surface area contributed by atoms with Crippen LogP contribution >= 0.6 is 0 Å². The lowest BCUT2D eigenvalue weighted by Crippen LogP contribution is -2.81. The van der Waals surface area contributed by atoms with Gasteiger partial charge in [-0.3, -0.25) is 14.6 Å². The van der Waals surface area contributed by atoms with Gasteiger partial charge in [-0.15, -0.1) is 0 Å². The van der Waals surface area contributed by atoms with E-state index >= 15 is 4.79 Å². The number of likely N-dealkylation sites (N-methyl/N-ethyl adjacent to an activating group) is 1. The third-order valence-corrected chi connectivity index (χ3v) is 16.4. The van der Waals surface area contributed by atoms with E-state index in [1.807, 2.05) is 24.9 Å². The van der Waals surface area contributed by atoms with Crippen molar-refractivity contribution in [2.45, 2.75) is 107 Å². The van der Waals surface area contributed by atoms with Gasteiger partial charge in [0.05, 0.1) is 33.4 Å². The molecule has 1 aliphatic carbocycles. The number of esters is 3. The summed E-state index contributed by atoms with van der Waals surface area (Å²) in [5, 5.41) is 14.5. The number of fused-ring (bicyclic) bond motifs is 4. The minimum Gasteiger partial charge on any atom is -0.496 e. The number of aromatic nitrogens is 1. The molecule has 3 aromatic rings. The maximum absolute atomic E-state index is 15.4. The van der Waals surface area contributed by atoms with Gasteiger partial charge in [-0.1, -0.05) is 44.2 Å². The van der Waals surface area contributed by atoms with Crippen LogP contribution in [0.15, 0.2) is 48.6 Å². The summed E-state index contributed by atoms with van der Waals surface area (Å²) in [6, 6.07) is 11.7. The van der Waals surface area contributed by atoms with E-state index in [1.54, 1.807) is 7.11 Å². The van der Waals surface area contributed by atoms with Crippen molar-refractivity contribution in [3.63, 3.8) is 0 Å². The summed E-state index contributed by atoms with van der Waals surface area (Å²) in [5.41, 5.74) is 0.346. The molecule has 12 nitrogen and oxygen atoms in total. The second kappa shape index (κ2) is 12.6. The fourth-order valence-electron chi connectivity index (χ4n) is 14.5. The highest BCUT2D eigenvalue weighted by Crippen LogP contribution is 2.69. The zero-order valence-electron chi connectivity index (χ0n) is 34.8. The Kier molecular flexibility index (Phi) is 8.20. The van der Waals surface area contributed by atoms with E-state index in [-0.39, 0.29) is 23.5 Å². The third-order valence-electron chi connectivity index (χ3n) is 16.4. The molecule has 0 bridgehead atoms. The monoisotopic (exact) mass is 792 g/mol. The minimum atomic E-state index is -2.27. The number of hydrogen-bond acceptors (Lipinski definition) is 11. The molecule has 1 aromatic heterocycles. The Hall–Kier alpha value is -4.39. The summed E-state index contributed by atoms with van der Waals surface area (Å²) >= 11 is 0. The molecule has 10 rings (SSSR count). The minimum absolute atomic E-state index is 0.156. The largest absolute Gasteiger partial charge is 0.496 e. The van der Waals surface area contributed by atoms with Crippen molar-refractivity contribution in [1.82, 2.24) is 14.4 Å². The van der Waals surface area contributed by atoms with Crippen molar-refractivity contribution in [3.8, 4) is 5.75 Å². The Balaban J connectivity index is 1.31. The molecular weight excluding hydrogens is 737 g/mol. The zero-order valence-corrected chi connectivity index (χ0v) is 34.8. The van der Waals surface area contributed by atoms with Crippen molar-refractivity contribution in [1.29, 1.82) is 0 Å². The second-order valence-corrected chi connectivity index (χ2v) is 18.2. The lowest BCUT2D eigenvalue weighted by Gasteiger charge is -2.63.